The molecule has 1 aliphatic carbocycles. The molecular weight excluding hydrogens is 202 g/mol. The summed E-state index contributed by atoms with van der Waals surface area (Å²) in [5, 5.41) is 0. The van der Waals surface area contributed by atoms with Crippen molar-refractivity contribution in [3.63, 3.8) is 0 Å². The van der Waals surface area contributed by atoms with Gasteiger partial charge in [-0.25, -0.2) is 0 Å². The molecule has 1 saturated carbocycles. The second kappa shape index (κ2) is 3.39. The fourth-order valence-corrected chi connectivity index (χ4v) is 2.87. The van der Waals surface area contributed by atoms with E-state index in [0.717, 1.165) is 18.0 Å². The van der Waals surface area contributed by atoms with Gasteiger partial charge in [0.2, 0.25) is 6.79 Å². The van der Waals surface area contributed by atoms with Crippen LogP contribution in [0.4, 0.5) is 0 Å². The maximum absolute atomic E-state index is 5.94. The molecule has 1 aliphatic heterocycles. The molecule has 86 valence electrons. The van der Waals surface area contributed by atoms with Gasteiger partial charge in [-0.1, -0.05) is 12.5 Å². The van der Waals surface area contributed by atoms with Gasteiger partial charge in [0.25, 0.3) is 0 Å². The van der Waals surface area contributed by atoms with E-state index in [-0.39, 0.29) is 5.41 Å². The Bertz CT molecular complexity index is 419. The van der Waals surface area contributed by atoms with Gasteiger partial charge in [-0.2, -0.15) is 0 Å². The van der Waals surface area contributed by atoms with Crippen LogP contribution in [0.5, 0.6) is 11.5 Å². The Morgan fingerprint density at radius 3 is 2.75 bits per heavy atom. The fourth-order valence-electron chi connectivity index (χ4n) is 2.87. The number of fused-ring (bicyclic) bond motifs is 1. The highest BCUT2D eigenvalue weighted by Gasteiger charge is 2.39. The monoisotopic (exact) mass is 219 g/mol. The molecule has 0 radical (unpaired) electrons. The number of ether oxygens (including phenoxy) is 2. The zero-order valence-electron chi connectivity index (χ0n) is 9.58. The van der Waals surface area contributed by atoms with E-state index in [9.17, 15) is 0 Å². The second-order valence-electron chi connectivity index (χ2n) is 4.81. The summed E-state index contributed by atoms with van der Waals surface area (Å²) in [7, 11) is 0. The maximum atomic E-state index is 5.94. The fraction of sp³-hybridized carbons (Fsp3) is 0.538. The maximum Gasteiger partial charge on any atom is 0.231 e. The zero-order valence-corrected chi connectivity index (χ0v) is 9.58. The van der Waals surface area contributed by atoms with Crippen molar-refractivity contribution in [3.8, 4) is 11.5 Å². The molecule has 2 N–H and O–H groups in total. The van der Waals surface area contributed by atoms with Crippen molar-refractivity contribution in [1.29, 1.82) is 0 Å². The Morgan fingerprint density at radius 2 is 2.12 bits per heavy atom. The summed E-state index contributed by atoms with van der Waals surface area (Å²) >= 11 is 0. The molecule has 16 heavy (non-hydrogen) atoms. The van der Waals surface area contributed by atoms with Crippen molar-refractivity contribution in [3.05, 3.63) is 23.3 Å². The van der Waals surface area contributed by atoms with Crippen LogP contribution in [0.2, 0.25) is 0 Å². The Balaban J connectivity index is 2.08. The van der Waals surface area contributed by atoms with Crippen LogP contribution < -0.4 is 15.2 Å². The first-order valence-electron chi connectivity index (χ1n) is 5.87. The van der Waals surface area contributed by atoms with Crippen LogP contribution in [-0.2, 0) is 5.41 Å². The quantitative estimate of drug-likeness (QED) is 0.828. The third kappa shape index (κ3) is 1.18. The van der Waals surface area contributed by atoms with Gasteiger partial charge >= 0.3 is 0 Å². The van der Waals surface area contributed by atoms with Gasteiger partial charge < -0.3 is 15.2 Å². The van der Waals surface area contributed by atoms with Gasteiger partial charge in [0.15, 0.2) is 11.5 Å². The van der Waals surface area contributed by atoms with Crippen molar-refractivity contribution >= 4 is 0 Å². The number of rotatable bonds is 2. The van der Waals surface area contributed by atoms with E-state index in [1.165, 1.54) is 30.4 Å². The lowest BCUT2D eigenvalue weighted by Crippen LogP contribution is -2.42. The lowest BCUT2D eigenvalue weighted by molar-refractivity contribution is 0.173. The highest BCUT2D eigenvalue weighted by molar-refractivity contribution is 5.54. The molecule has 0 unspecified atom stereocenters. The van der Waals surface area contributed by atoms with Crippen LogP contribution in [0.1, 0.15) is 30.4 Å². The first-order chi connectivity index (χ1) is 7.77. The molecule has 1 heterocycles. The van der Waals surface area contributed by atoms with Gasteiger partial charge in [0.05, 0.1) is 0 Å². The normalized spacial score (nSPS) is 20.6. The summed E-state index contributed by atoms with van der Waals surface area (Å²) in [4.78, 5) is 0. The standard InChI is InChI=1S/C13H17NO2/c1-9-10(13(7-14)5-2-6-13)3-4-11-12(9)16-8-15-11/h3-4H,2,5-8,14H2,1H3. The highest BCUT2D eigenvalue weighted by atomic mass is 16.7. The zero-order chi connectivity index (χ0) is 11.2. The lowest BCUT2D eigenvalue weighted by Gasteiger charge is -2.42. The number of benzene rings is 1. The number of hydrogen-bond donors (Lipinski definition) is 1. The predicted molar refractivity (Wildman–Crippen MR) is 61.9 cm³/mol. The number of nitrogens with two attached hydrogens (primary N) is 1. The topological polar surface area (TPSA) is 44.5 Å². The molecule has 1 aromatic carbocycles. The summed E-state index contributed by atoms with van der Waals surface area (Å²) < 4.78 is 10.9. The molecule has 0 amide bonds. The molecule has 0 aromatic heterocycles. The first-order valence-corrected chi connectivity index (χ1v) is 5.87. The number of hydrogen-bond acceptors (Lipinski definition) is 3. The molecule has 0 atom stereocenters. The molecule has 2 aliphatic rings. The van der Waals surface area contributed by atoms with E-state index in [1.54, 1.807) is 0 Å². The van der Waals surface area contributed by atoms with Crippen LogP contribution in [-0.4, -0.2) is 13.3 Å². The van der Waals surface area contributed by atoms with Crippen LogP contribution in [0.15, 0.2) is 12.1 Å². The van der Waals surface area contributed by atoms with E-state index < -0.39 is 0 Å². The summed E-state index contributed by atoms with van der Waals surface area (Å²) in [5.74, 6) is 1.78. The lowest BCUT2D eigenvalue weighted by atomic mass is 9.63. The van der Waals surface area contributed by atoms with Crippen LogP contribution >= 0.6 is 0 Å². The van der Waals surface area contributed by atoms with E-state index in [0.29, 0.717) is 6.79 Å². The van der Waals surface area contributed by atoms with Crippen LogP contribution in [0.3, 0.4) is 0 Å². The molecule has 0 spiro atoms. The summed E-state index contributed by atoms with van der Waals surface area (Å²) in [6.45, 7) is 3.18. The average molecular weight is 219 g/mol. The van der Waals surface area contributed by atoms with Gasteiger partial charge in [-0.3, -0.25) is 0 Å². The molecule has 0 bridgehead atoms. The molecule has 1 fully saturated rings. The second-order valence-corrected chi connectivity index (χ2v) is 4.81. The van der Waals surface area contributed by atoms with Crippen LogP contribution in [0, 0.1) is 6.92 Å². The third-order valence-electron chi connectivity index (χ3n) is 4.06. The van der Waals surface area contributed by atoms with Gasteiger partial charge in [-0.15, -0.1) is 0 Å². The smallest absolute Gasteiger partial charge is 0.231 e. The Labute approximate surface area is 95.5 Å². The predicted octanol–water partition coefficient (Wildman–Crippen LogP) is 2.10. The Hall–Kier alpha value is -1.22. The molecule has 0 saturated heterocycles. The summed E-state index contributed by atoms with van der Waals surface area (Å²) in [6.07, 6.45) is 3.68. The minimum Gasteiger partial charge on any atom is -0.454 e. The van der Waals surface area contributed by atoms with Gasteiger partial charge in [-0.05, 0) is 37.0 Å². The van der Waals surface area contributed by atoms with E-state index in [4.69, 9.17) is 15.2 Å². The van der Waals surface area contributed by atoms with E-state index in [1.807, 2.05) is 6.07 Å². The van der Waals surface area contributed by atoms with Crippen LogP contribution in [0.25, 0.3) is 0 Å². The third-order valence-corrected chi connectivity index (χ3v) is 4.06. The molecule has 3 heteroatoms. The van der Waals surface area contributed by atoms with Crippen molar-refractivity contribution in [1.82, 2.24) is 0 Å². The van der Waals surface area contributed by atoms with E-state index >= 15 is 0 Å². The average Bonchev–Trinajstić information content (AvgIpc) is 2.69. The molecule has 3 nitrogen and oxygen atoms in total. The van der Waals surface area contributed by atoms with Crippen molar-refractivity contribution in [2.75, 3.05) is 13.3 Å². The van der Waals surface area contributed by atoms with Gasteiger partial charge in [0, 0.05) is 12.0 Å². The largest absolute Gasteiger partial charge is 0.454 e. The minimum absolute atomic E-state index is 0.199. The Morgan fingerprint density at radius 1 is 1.31 bits per heavy atom. The van der Waals surface area contributed by atoms with Crippen molar-refractivity contribution in [2.24, 2.45) is 5.73 Å². The molecule has 3 rings (SSSR count). The van der Waals surface area contributed by atoms with Crippen molar-refractivity contribution in [2.45, 2.75) is 31.6 Å². The Kier molecular flexibility index (Phi) is 2.11. The van der Waals surface area contributed by atoms with Crippen molar-refractivity contribution < 1.29 is 9.47 Å². The van der Waals surface area contributed by atoms with E-state index in [2.05, 4.69) is 13.0 Å². The molecule has 1 aromatic rings. The first kappa shape index (κ1) is 9.97. The summed E-state index contributed by atoms with van der Waals surface area (Å²) in [5.41, 5.74) is 8.70. The minimum atomic E-state index is 0.199. The SMILES string of the molecule is Cc1c(C2(CN)CCC2)ccc2c1OCO2. The highest BCUT2D eigenvalue weighted by Crippen LogP contribution is 2.48. The summed E-state index contributed by atoms with van der Waals surface area (Å²) in [6, 6.07) is 4.18. The molecular formula is C13H17NO2. The van der Waals surface area contributed by atoms with Gasteiger partial charge in [0.1, 0.15) is 0 Å².